The number of aryl methyl sites for hydroxylation is 1. The van der Waals surface area contributed by atoms with E-state index in [4.69, 9.17) is 18.9 Å². The van der Waals surface area contributed by atoms with Gasteiger partial charge >= 0.3 is 6.18 Å². The van der Waals surface area contributed by atoms with E-state index in [1.807, 2.05) is 32.0 Å². The molecule has 292 valence electrons. The van der Waals surface area contributed by atoms with Gasteiger partial charge in [0.05, 0.1) is 44.5 Å². The third-order valence-corrected chi connectivity index (χ3v) is 9.11. The van der Waals surface area contributed by atoms with Crippen LogP contribution in [0.2, 0.25) is 0 Å². The highest BCUT2D eigenvalue weighted by Gasteiger charge is 2.31. The van der Waals surface area contributed by atoms with Gasteiger partial charge in [0.25, 0.3) is 5.91 Å². The number of hydrogen-bond acceptors (Lipinski definition) is 7. The summed E-state index contributed by atoms with van der Waals surface area (Å²) in [5.41, 5.74) is 2.47. The predicted octanol–water partition coefficient (Wildman–Crippen LogP) is 8.87. The number of aromatic nitrogens is 2. The van der Waals surface area contributed by atoms with Gasteiger partial charge in [-0.3, -0.25) is 4.79 Å². The summed E-state index contributed by atoms with van der Waals surface area (Å²) in [6, 6.07) is 16.8. The van der Waals surface area contributed by atoms with E-state index in [1.54, 1.807) is 30.1 Å². The van der Waals surface area contributed by atoms with Crippen molar-refractivity contribution in [3.05, 3.63) is 83.2 Å². The molecule has 53 heavy (non-hydrogen) atoms. The second-order valence-corrected chi connectivity index (χ2v) is 12.9. The van der Waals surface area contributed by atoms with Crippen LogP contribution in [-0.2, 0) is 17.5 Å². The zero-order valence-electron chi connectivity index (χ0n) is 32.6. The van der Waals surface area contributed by atoms with E-state index < -0.39 is 11.7 Å². The van der Waals surface area contributed by atoms with Crippen LogP contribution in [-0.4, -0.2) is 93.0 Å². The molecule has 9 nitrogen and oxygen atoms in total. The van der Waals surface area contributed by atoms with E-state index in [9.17, 15) is 18.0 Å². The predicted molar refractivity (Wildman–Crippen MR) is 204 cm³/mol. The normalized spacial score (nSPS) is 12.0. The zero-order chi connectivity index (χ0) is 39.0. The van der Waals surface area contributed by atoms with Gasteiger partial charge in [-0.1, -0.05) is 50.6 Å². The summed E-state index contributed by atoms with van der Waals surface area (Å²) in [6.45, 7) is 13.6. The summed E-state index contributed by atoms with van der Waals surface area (Å²) in [5, 5.41) is 0. The molecule has 4 rings (SSSR count). The lowest BCUT2D eigenvalue weighted by molar-refractivity contribution is -0.137. The Bertz CT molecular complexity index is 1690. The summed E-state index contributed by atoms with van der Waals surface area (Å²) in [7, 11) is 6.09. The van der Waals surface area contributed by atoms with Crippen LogP contribution < -0.4 is 14.2 Å². The molecule has 1 aromatic heterocycles. The van der Waals surface area contributed by atoms with Gasteiger partial charge in [0.2, 0.25) is 5.75 Å². The highest BCUT2D eigenvalue weighted by molar-refractivity contribution is 5.95. The third kappa shape index (κ3) is 12.4. The van der Waals surface area contributed by atoms with Crippen molar-refractivity contribution in [3.8, 4) is 17.2 Å². The number of alkyl halides is 3. The number of amides is 1. The number of likely N-dealkylation sites (N-methyl/N-ethyl adjacent to an activating group) is 1. The number of para-hydroxylation sites is 2. The fourth-order valence-electron chi connectivity index (χ4n) is 6.32. The summed E-state index contributed by atoms with van der Waals surface area (Å²) >= 11 is 0. The quantitative estimate of drug-likeness (QED) is 0.0889. The number of imidazole rings is 1. The largest absolute Gasteiger partial charge is 0.493 e. The van der Waals surface area contributed by atoms with Gasteiger partial charge in [0, 0.05) is 38.2 Å². The number of methoxy groups -OCH3 is 3. The van der Waals surface area contributed by atoms with Gasteiger partial charge < -0.3 is 33.3 Å². The Morgan fingerprint density at radius 1 is 0.887 bits per heavy atom. The Morgan fingerprint density at radius 3 is 2.19 bits per heavy atom. The first-order valence-corrected chi connectivity index (χ1v) is 18.4. The molecule has 1 heterocycles. The highest BCUT2D eigenvalue weighted by Crippen LogP contribution is 2.39. The first-order valence-electron chi connectivity index (χ1n) is 18.4. The standard InChI is InChI=1S/C29H41F3N2O4.C12H16N2O/c1-7-9-15-34(14-8-2)16-13-22(21-11-10-12-24(17-21)29(30,31)32)20-33(3)28(35)23-18-25(36-4)27(38-6)26(19-23)37-5;1-3-15-9-8-14-10(2)13-11-6-4-5-7-12(11)14/h10-12,17-19,22H,7-9,13-16,20H2,1-6H3;4-7H,3,8-9H2,1-2H3. The molecule has 1 amide bonds. The average Bonchev–Trinajstić information content (AvgIpc) is 3.48. The molecule has 0 fully saturated rings. The molecular formula is C41H57F3N4O5. The number of ether oxygens (including phenoxy) is 4. The van der Waals surface area contributed by atoms with Gasteiger partial charge in [-0.05, 0) is 88.6 Å². The minimum Gasteiger partial charge on any atom is -0.493 e. The Labute approximate surface area is 313 Å². The first kappa shape index (κ1) is 43.1. The lowest BCUT2D eigenvalue weighted by Gasteiger charge is -2.29. The molecule has 0 spiro atoms. The lowest BCUT2D eigenvalue weighted by atomic mass is 9.93. The van der Waals surface area contributed by atoms with Crippen molar-refractivity contribution >= 4 is 16.9 Å². The summed E-state index contributed by atoms with van der Waals surface area (Å²) < 4.78 is 64.1. The molecule has 3 aromatic carbocycles. The number of benzene rings is 3. The Kier molecular flexibility index (Phi) is 17.4. The molecule has 4 aromatic rings. The summed E-state index contributed by atoms with van der Waals surface area (Å²) in [4.78, 5) is 21.8. The van der Waals surface area contributed by atoms with Crippen molar-refractivity contribution in [2.24, 2.45) is 0 Å². The Morgan fingerprint density at radius 2 is 1.58 bits per heavy atom. The summed E-state index contributed by atoms with van der Waals surface area (Å²) in [6.07, 6.45) is -0.680. The number of hydrogen-bond donors (Lipinski definition) is 0. The fraction of sp³-hybridized carbons (Fsp3) is 0.512. The molecule has 0 aliphatic carbocycles. The van der Waals surface area contributed by atoms with Crippen molar-refractivity contribution in [2.45, 2.75) is 72.0 Å². The van der Waals surface area contributed by atoms with Crippen LogP contribution in [0.5, 0.6) is 17.2 Å². The smallest absolute Gasteiger partial charge is 0.416 e. The van der Waals surface area contributed by atoms with E-state index >= 15 is 0 Å². The van der Waals surface area contributed by atoms with Crippen molar-refractivity contribution < 1.29 is 36.9 Å². The highest BCUT2D eigenvalue weighted by atomic mass is 19.4. The van der Waals surface area contributed by atoms with Crippen LogP contribution in [0.1, 0.15) is 79.7 Å². The van der Waals surface area contributed by atoms with Crippen LogP contribution in [0.4, 0.5) is 13.2 Å². The SMILES string of the molecule is CCCCN(CCC)CCC(CN(C)C(=O)c1cc(OC)c(OC)c(OC)c1)c1cccc(C(F)(F)F)c1.CCOCCn1c(C)nc2ccccc21. The van der Waals surface area contributed by atoms with E-state index in [-0.39, 0.29) is 18.4 Å². The van der Waals surface area contributed by atoms with Gasteiger partial charge in [0.1, 0.15) is 5.82 Å². The molecule has 1 unspecified atom stereocenters. The maximum atomic E-state index is 13.5. The first-order chi connectivity index (χ1) is 25.4. The number of halogens is 3. The van der Waals surface area contributed by atoms with E-state index in [2.05, 4.69) is 34.4 Å². The van der Waals surface area contributed by atoms with Crippen LogP contribution in [0, 0.1) is 6.92 Å². The zero-order valence-corrected chi connectivity index (χ0v) is 32.6. The number of rotatable bonds is 19. The molecule has 0 aliphatic rings. The van der Waals surface area contributed by atoms with E-state index in [1.165, 1.54) is 39.0 Å². The monoisotopic (exact) mass is 742 g/mol. The van der Waals surface area contributed by atoms with E-state index in [0.717, 1.165) is 76.1 Å². The Balaban J connectivity index is 0.000000415. The molecule has 0 aliphatic heterocycles. The molecule has 0 bridgehead atoms. The topological polar surface area (TPSA) is 78.3 Å². The molecule has 0 radical (unpaired) electrons. The van der Waals surface area contributed by atoms with Crippen molar-refractivity contribution in [1.29, 1.82) is 0 Å². The third-order valence-electron chi connectivity index (χ3n) is 9.11. The van der Waals surface area contributed by atoms with Crippen molar-refractivity contribution in [2.75, 3.05) is 67.8 Å². The molecule has 0 N–H and O–H groups in total. The Hall–Kier alpha value is -4.29. The maximum Gasteiger partial charge on any atom is 0.416 e. The fourth-order valence-corrected chi connectivity index (χ4v) is 6.32. The number of carbonyl (C=O) groups is 1. The average molecular weight is 743 g/mol. The number of unbranched alkanes of at least 4 members (excludes halogenated alkanes) is 1. The lowest BCUT2D eigenvalue weighted by Crippen LogP contribution is -2.34. The van der Waals surface area contributed by atoms with E-state index in [0.29, 0.717) is 34.8 Å². The van der Waals surface area contributed by atoms with Crippen LogP contribution in [0.15, 0.2) is 60.7 Å². The number of nitrogens with zero attached hydrogens (tertiary/aromatic N) is 4. The van der Waals surface area contributed by atoms with Crippen LogP contribution >= 0.6 is 0 Å². The summed E-state index contributed by atoms with van der Waals surface area (Å²) in [5.74, 6) is 1.55. The molecular weight excluding hydrogens is 685 g/mol. The number of carbonyl (C=O) groups excluding carboxylic acids is 1. The molecule has 0 saturated carbocycles. The maximum absolute atomic E-state index is 13.5. The van der Waals surface area contributed by atoms with Gasteiger partial charge in [0.15, 0.2) is 11.5 Å². The number of fused-ring (bicyclic) bond motifs is 1. The molecule has 1 atom stereocenters. The van der Waals surface area contributed by atoms with Gasteiger partial charge in [-0.2, -0.15) is 13.2 Å². The molecule has 12 heteroatoms. The van der Waals surface area contributed by atoms with Crippen LogP contribution in [0.25, 0.3) is 11.0 Å². The minimum absolute atomic E-state index is 0.255. The molecule has 0 saturated heterocycles. The second-order valence-electron chi connectivity index (χ2n) is 12.9. The van der Waals surface area contributed by atoms with Crippen LogP contribution in [0.3, 0.4) is 0 Å². The second kappa shape index (κ2) is 21.4. The van der Waals surface area contributed by atoms with Crippen molar-refractivity contribution in [3.63, 3.8) is 0 Å². The van der Waals surface area contributed by atoms with Crippen molar-refractivity contribution in [1.82, 2.24) is 19.4 Å². The minimum atomic E-state index is -4.44. The van der Waals surface area contributed by atoms with Gasteiger partial charge in [-0.25, -0.2) is 4.98 Å². The van der Waals surface area contributed by atoms with Gasteiger partial charge in [-0.15, -0.1) is 0 Å².